The third-order valence-electron chi connectivity index (χ3n) is 8.71. The van der Waals surface area contributed by atoms with Gasteiger partial charge in [0, 0.05) is 6.54 Å². The number of piperidine rings is 1. The van der Waals surface area contributed by atoms with Gasteiger partial charge in [0.15, 0.2) is 0 Å². The average Bonchev–Trinajstić information content (AvgIpc) is 3.24. The number of hydrogen-bond acceptors (Lipinski definition) is 6. The van der Waals surface area contributed by atoms with Crippen LogP contribution in [0.1, 0.15) is 65.5 Å². The summed E-state index contributed by atoms with van der Waals surface area (Å²) in [6.45, 7) is 11.6. The zero-order chi connectivity index (χ0) is 29.6. The fourth-order valence-corrected chi connectivity index (χ4v) is 6.62. The average molecular weight is 555 g/mol. The zero-order valence-corrected chi connectivity index (χ0v) is 24.3. The molecule has 1 aromatic carbocycles. The van der Waals surface area contributed by atoms with Gasteiger partial charge < -0.3 is 26.0 Å². The van der Waals surface area contributed by atoms with Crippen LogP contribution in [0.15, 0.2) is 24.3 Å². The van der Waals surface area contributed by atoms with Gasteiger partial charge in [-0.05, 0) is 74.3 Å². The summed E-state index contributed by atoms with van der Waals surface area (Å²) in [7, 11) is 0. The number of amides is 4. The van der Waals surface area contributed by atoms with Gasteiger partial charge in [-0.2, -0.15) is 0 Å². The fraction of sp³-hybridized carbons (Fsp3) is 0.633. The molecule has 2 fully saturated rings. The number of Topliss-reactive ketones (excluding diaryl/α,β-unsaturated/α-hetero) is 1. The molecule has 5 atom stereocenters. The lowest BCUT2D eigenvalue weighted by atomic mass is 9.93. The molecule has 1 aliphatic heterocycles. The van der Waals surface area contributed by atoms with Crippen molar-refractivity contribution in [3.63, 3.8) is 0 Å². The van der Waals surface area contributed by atoms with Crippen molar-refractivity contribution >= 4 is 29.6 Å². The Morgan fingerprint density at radius 1 is 1.07 bits per heavy atom. The van der Waals surface area contributed by atoms with Crippen molar-refractivity contribution in [2.75, 3.05) is 6.54 Å². The second-order valence-electron chi connectivity index (χ2n) is 13.0. The summed E-state index contributed by atoms with van der Waals surface area (Å²) in [5, 5.41) is 5.55. The van der Waals surface area contributed by atoms with Gasteiger partial charge in [-0.1, -0.05) is 51.5 Å². The minimum absolute atomic E-state index is 0.103. The topological polar surface area (TPSA) is 148 Å². The van der Waals surface area contributed by atoms with E-state index in [1.807, 2.05) is 31.2 Å². The molecule has 3 aliphatic rings. The number of benzene rings is 1. The number of nitrogens with one attached hydrogen (secondary N) is 2. The summed E-state index contributed by atoms with van der Waals surface area (Å²) in [6, 6.07) is 5.17. The highest BCUT2D eigenvalue weighted by Crippen LogP contribution is 2.65. The van der Waals surface area contributed by atoms with Gasteiger partial charge >= 0.3 is 6.09 Å². The van der Waals surface area contributed by atoms with Crippen molar-refractivity contribution in [3.8, 4) is 0 Å². The Labute approximate surface area is 235 Å². The van der Waals surface area contributed by atoms with Crippen molar-refractivity contribution in [3.05, 3.63) is 35.4 Å². The fourth-order valence-electron chi connectivity index (χ4n) is 6.62. The van der Waals surface area contributed by atoms with E-state index in [-0.39, 0.29) is 35.5 Å². The molecular formula is C30H42N4O6. The summed E-state index contributed by atoms with van der Waals surface area (Å²) < 4.78 is 5.50. The number of hydrogen-bond donors (Lipinski definition) is 3. The van der Waals surface area contributed by atoms with Crippen molar-refractivity contribution in [2.45, 2.75) is 91.0 Å². The number of rotatable bonds is 9. The summed E-state index contributed by atoms with van der Waals surface area (Å²) in [6.07, 6.45) is 1.34. The number of ether oxygens (including phenoxy) is 1. The van der Waals surface area contributed by atoms with Gasteiger partial charge in [-0.25, -0.2) is 4.79 Å². The number of primary amides is 1. The summed E-state index contributed by atoms with van der Waals surface area (Å²) >= 11 is 0. The van der Waals surface area contributed by atoms with Gasteiger partial charge in [0.1, 0.15) is 17.7 Å². The summed E-state index contributed by atoms with van der Waals surface area (Å²) in [5.41, 5.74) is 6.57. The lowest BCUT2D eigenvalue weighted by molar-refractivity contribution is -0.144. The van der Waals surface area contributed by atoms with Crippen molar-refractivity contribution in [2.24, 2.45) is 28.9 Å². The van der Waals surface area contributed by atoms with Crippen LogP contribution in [0.3, 0.4) is 0 Å². The molecule has 4 rings (SSSR count). The van der Waals surface area contributed by atoms with Crippen LogP contribution in [-0.4, -0.2) is 64.8 Å². The van der Waals surface area contributed by atoms with E-state index in [1.165, 1.54) is 0 Å². The van der Waals surface area contributed by atoms with Gasteiger partial charge in [-0.15, -0.1) is 0 Å². The Bertz CT molecular complexity index is 1180. The smallest absolute Gasteiger partial charge is 0.408 e. The number of alkyl carbamates (subject to hydrolysis) is 1. The van der Waals surface area contributed by atoms with Crippen LogP contribution in [0, 0.1) is 23.2 Å². The lowest BCUT2D eigenvalue weighted by Gasteiger charge is -2.35. The highest BCUT2D eigenvalue weighted by Gasteiger charge is 2.69. The third kappa shape index (κ3) is 5.86. The van der Waals surface area contributed by atoms with Crippen LogP contribution in [-0.2, 0) is 36.8 Å². The van der Waals surface area contributed by atoms with E-state index in [9.17, 15) is 24.0 Å². The molecular weight excluding hydrogens is 512 g/mol. The molecule has 0 aromatic heterocycles. The number of fused-ring (bicyclic) bond motifs is 2. The number of nitrogens with two attached hydrogens (primary N) is 1. The molecule has 0 bridgehead atoms. The van der Waals surface area contributed by atoms with Crippen LogP contribution in [0.4, 0.5) is 4.79 Å². The van der Waals surface area contributed by atoms with Crippen LogP contribution >= 0.6 is 0 Å². The van der Waals surface area contributed by atoms with E-state index >= 15 is 0 Å². The molecule has 2 unspecified atom stereocenters. The third-order valence-corrected chi connectivity index (χ3v) is 8.71. The molecule has 10 nitrogen and oxygen atoms in total. The SMILES string of the molecule is CCCC(NC(=O)[C@@H]1[C@@H]2[C@H](CN1C(=O)C(NC(=O)OC(C)(C)C)C1Cc3ccccc3C1)C2(C)C)C(=O)C(N)=O. The molecule has 10 heteroatoms. The van der Waals surface area contributed by atoms with Crippen LogP contribution in [0.5, 0.6) is 0 Å². The number of ketones is 1. The van der Waals surface area contributed by atoms with Crippen molar-refractivity contribution < 1.29 is 28.7 Å². The first-order chi connectivity index (χ1) is 18.7. The van der Waals surface area contributed by atoms with E-state index in [4.69, 9.17) is 10.5 Å². The maximum Gasteiger partial charge on any atom is 0.408 e. The molecule has 0 spiro atoms. The molecule has 2 aliphatic carbocycles. The number of nitrogens with zero attached hydrogens (tertiary/aromatic N) is 1. The highest BCUT2D eigenvalue weighted by atomic mass is 16.6. The predicted octanol–water partition coefficient (Wildman–Crippen LogP) is 2.12. The first-order valence-corrected chi connectivity index (χ1v) is 14.2. The van der Waals surface area contributed by atoms with E-state index in [0.29, 0.717) is 25.8 Å². The number of carbonyl (C=O) groups excluding carboxylic acids is 5. The van der Waals surface area contributed by atoms with Gasteiger partial charge in [0.05, 0.1) is 6.04 Å². The molecule has 40 heavy (non-hydrogen) atoms. The molecule has 0 radical (unpaired) electrons. The molecule has 1 aromatic rings. The number of carbonyl (C=O) groups is 5. The molecule has 4 N–H and O–H groups in total. The van der Waals surface area contributed by atoms with Crippen LogP contribution in [0.2, 0.25) is 0 Å². The minimum Gasteiger partial charge on any atom is -0.444 e. The Balaban J connectivity index is 1.60. The lowest BCUT2D eigenvalue weighted by Crippen LogP contribution is -2.59. The van der Waals surface area contributed by atoms with E-state index < -0.39 is 47.4 Å². The highest BCUT2D eigenvalue weighted by molar-refractivity contribution is 6.37. The van der Waals surface area contributed by atoms with E-state index in [1.54, 1.807) is 25.7 Å². The molecule has 1 saturated carbocycles. The van der Waals surface area contributed by atoms with Gasteiger partial charge in [0.2, 0.25) is 17.6 Å². The Morgan fingerprint density at radius 3 is 2.20 bits per heavy atom. The zero-order valence-electron chi connectivity index (χ0n) is 24.3. The summed E-state index contributed by atoms with van der Waals surface area (Å²) in [5.74, 6) is -3.01. The van der Waals surface area contributed by atoms with E-state index in [0.717, 1.165) is 11.1 Å². The number of likely N-dealkylation sites (tertiary alicyclic amines) is 1. The first kappa shape index (κ1) is 29.6. The molecule has 1 saturated heterocycles. The molecule has 218 valence electrons. The van der Waals surface area contributed by atoms with Gasteiger partial charge in [-0.3, -0.25) is 19.2 Å². The normalized spacial score (nSPS) is 24.4. The Hall–Kier alpha value is -3.43. The van der Waals surface area contributed by atoms with Crippen molar-refractivity contribution in [1.29, 1.82) is 0 Å². The van der Waals surface area contributed by atoms with Crippen LogP contribution in [0.25, 0.3) is 0 Å². The van der Waals surface area contributed by atoms with Crippen molar-refractivity contribution in [1.82, 2.24) is 15.5 Å². The maximum absolute atomic E-state index is 14.3. The van der Waals surface area contributed by atoms with Crippen LogP contribution < -0.4 is 16.4 Å². The van der Waals surface area contributed by atoms with E-state index in [2.05, 4.69) is 24.5 Å². The standard InChI is InChI=1S/C30H42N4O6/c1-7-10-20(24(35)25(31)36)32-26(37)23-21-19(30(21,5)6)15-34(23)27(38)22(33-28(39)40-29(2,3)4)18-13-16-11-8-9-12-17(16)14-18/h8-9,11-12,18-23H,7,10,13-15H2,1-6H3,(H2,31,36)(H,32,37)(H,33,39)/t19-,20?,21-,22?,23-/m0/s1. The first-order valence-electron chi connectivity index (χ1n) is 14.2. The second-order valence-corrected chi connectivity index (χ2v) is 13.0. The largest absolute Gasteiger partial charge is 0.444 e. The molecule has 1 heterocycles. The maximum atomic E-state index is 14.3. The Morgan fingerprint density at radius 2 is 1.68 bits per heavy atom. The Kier molecular flexibility index (Phi) is 8.02. The monoisotopic (exact) mass is 554 g/mol. The second kappa shape index (κ2) is 10.9. The van der Waals surface area contributed by atoms with Gasteiger partial charge in [0.25, 0.3) is 5.91 Å². The summed E-state index contributed by atoms with van der Waals surface area (Å²) in [4.78, 5) is 66.4. The molecule has 4 amide bonds. The predicted molar refractivity (Wildman–Crippen MR) is 148 cm³/mol. The quantitative estimate of drug-likeness (QED) is 0.398. The minimum atomic E-state index is -1.11.